The van der Waals surface area contributed by atoms with Crippen LogP contribution >= 0.6 is 0 Å². The average Bonchev–Trinajstić information content (AvgIpc) is 3.23. The number of likely N-dealkylation sites (tertiary alicyclic amines) is 1. The number of ether oxygens (including phenoxy) is 1. The van der Waals surface area contributed by atoms with Crippen molar-refractivity contribution in [1.82, 2.24) is 20.0 Å². The van der Waals surface area contributed by atoms with Crippen LogP contribution < -0.4 is 11.1 Å². The Hall–Kier alpha value is -1.60. The van der Waals surface area contributed by atoms with Crippen LogP contribution in [0.15, 0.2) is 17.3 Å². The standard InChI is InChI=1S/C17H30N6O/c1-22-9-3-5-13(16(22)15-7-8-21-23(15)2)11-19-17(18)20-12-14-6-4-10-24-14/h7-8,13-14,16H,3-6,9-12H2,1-2H3,(H3,18,19,20)/t13-,14?,16+/m0/s1. The second-order valence-electron chi connectivity index (χ2n) is 6.95. The summed E-state index contributed by atoms with van der Waals surface area (Å²) in [5.74, 6) is 0.990. The number of hydrogen-bond donors (Lipinski definition) is 2. The van der Waals surface area contributed by atoms with E-state index in [2.05, 4.69) is 33.4 Å². The summed E-state index contributed by atoms with van der Waals surface area (Å²) in [6.07, 6.45) is 6.77. The highest BCUT2D eigenvalue weighted by Crippen LogP contribution is 2.34. The highest BCUT2D eigenvalue weighted by Gasteiger charge is 2.32. The lowest BCUT2D eigenvalue weighted by Crippen LogP contribution is -2.40. The molecule has 0 aliphatic carbocycles. The molecule has 0 spiro atoms. The van der Waals surface area contributed by atoms with Crippen molar-refractivity contribution in [1.29, 1.82) is 0 Å². The number of aryl methyl sites for hydroxylation is 1. The largest absolute Gasteiger partial charge is 0.376 e. The maximum absolute atomic E-state index is 6.05. The van der Waals surface area contributed by atoms with Crippen LogP contribution in [0.5, 0.6) is 0 Å². The van der Waals surface area contributed by atoms with Crippen molar-refractivity contribution in [3.63, 3.8) is 0 Å². The number of nitrogens with two attached hydrogens (primary N) is 1. The van der Waals surface area contributed by atoms with Crippen LogP contribution in [0, 0.1) is 5.92 Å². The molecular weight excluding hydrogens is 304 g/mol. The second-order valence-corrected chi connectivity index (χ2v) is 6.95. The molecule has 7 heteroatoms. The fourth-order valence-corrected chi connectivity index (χ4v) is 3.89. The molecule has 2 saturated heterocycles. The summed E-state index contributed by atoms with van der Waals surface area (Å²) in [6, 6.07) is 2.46. The van der Waals surface area contributed by atoms with Crippen LogP contribution in [-0.4, -0.2) is 60.0 Å². The summed E-state index contributed by atoms with van der Waals surface area (Å²) in [6.45, 7) is 3.47. The molecule has 0 aromatic carbocycles. The normalized spacial score (nSPS) is 29.1. The van der Waals surface area contributed by atoms with Gasteiger partial charge < -0.3 is 15.8 Å². The summed E-state index contributed by atoms with van der Waals surface area (Å²) in [5, 5.41) is 7.54. The molecule has 2 aliphatic rings. The molecule has 1 aromatic heterocycles. The van der Waals surface area contributed by atoms with Crippen molar-refractivity contribution in [3.05, 3.63) is 18.0 Å². The van der Waals surface area contributed by atoms with Gasteiger partial charge in [-0.1, -0.05) is 0 Å². The van der Waals surface area contributed by atoms with E-state index in [9.17, 15) is 0 Å². The predicted molar refractivity (Wildman–Crippen MR) is 94.8 cm³/mol. The van der Waals surface area contributed by atoms with Crippen LogP contribution in [0.1, 0.15) is 37.4 Å². The van der Waals surface area contributed by atoms with Gasteiger partial charge in [0.2, 0.25) is 0 Å². The molecular formula is C17H30N6O. The molecule has 0 radical (unpaired) electrons. The molecule has 3 N–H and O–H groups in total. The summed E-state index contributed by atoms with van der Waals surface area (Å²) in [4.78, 5) is 7.02. The Kier molecular flexibility index (Phi) is 5.73. The van der Waals surface area contributed by atoms with Crippen molar-refractivity contribution in [2.75, 3.05) is 33.3 Å². The molecule has 3 rings (SSSR count). The van der Waals surface area contributed by atoms with Crippen molar-refractivity contribution >= 4 is 5.96 Å². The minimum Gasteiger partial charge on any atom is -0.376 e. The number of hydrogen-bond acceptors (Lipinski definition) is 4. The monoisotopic (exact) mass is 334 g/mol. The SMILES string of the molecule is CN1CCC[C@@H](CN=C(N)NCC2CCCO2)[C@@H]1c1ccnn1C. The van der Waals surface area contributed by atoms with Gasteiger partial charge in [0, 0.05) is 32.9 Å². The summed E-state index contributed by atoms with van der Waals surface area (Å²) in [7, 11) is 4.20. The molecule has 1 aromatic rings. The van der Waals surface area contributed by atoms with Gasteiger partial charge in [0.15, 0.2) is 5.96 Å². The molecule has 24 heavy (non-hydrogen) atoms. The van der Waals surface area contributed by atoms with E-state index in [0.29, 0.717) is 17.9 Å². The van der Waals surface area contributed by atoms with Crippen molar-refractivity contribution in [3.8, 4) is 0 Å². The third-order valence-electron chi connectivity index (χ3n) is 5.20. The average molecular weight is 334 g/mol. The van der Waals surface area contributed by atoms with Crippen LogP contribution in [0.2, 0.25) is 0 Å². The van der Waals surface area contributed by atoms with Gasteiger partial charge >= 0.3 is 0 Å². The van der Waals surface area contributed by atoms with Gasteiger partial charge in [0.25, 0.3) is 0 Å². The first-order valence-electron chi connectivity index (χ1n) is 8.98. The fourth-order valence-electron chi connectivity index (χ4n) is 3.89. The van der Waals surface area contributed by atoms with E-state index in [1.54, 1.807) is 0 Å². The number of guanidine groups is 1. The van der Waals surface area contributed by atoms with Crippen LogP contribution in [-0.2, 0) is 11.8 Å². The molecule has 2 fully saturated rings. The Labute approximate surface area is 144 Å². The molecule has 0 bridgehead atoms. The van der Waals surface area contributed by atoms with E-state index in [0.717, 1.165) is 39.1 Å². The lowest BCUT2D eigenvalue weighted by Gasteiger charge is -2.38. The van der Waals surface area contributed by atoms with E-state index >= 15 is 0 Å². The maximum atomic E-state index is 6.05. The third-order valence-corrected chi connectivity index (χ3v) is 5.20. The molecule has 2 aliphatic heterocycles. The van der Waals surface area contributed by atoms with E-state index in [4.69, 9.17) is 10.5 Å². The van der Waals surface area contributed by atoms with Gasteiger partial charge in [-0.2, -0.15) is 5.10 Å². The van der Waals surface area contributed by atoms with Crippen molar-refractivity contribution in [2.24, 2.45) is 23.7 Å². The molecule has 0 amide bonds. The zero-order valence-corrected chi connectivity index (χ0v) is 14.8. The highest BCUT2D eigenvalue weighted by atomic mass is 16.5. The highest BCUT2D eigenvalue weighted by molar-refractivity contribution is 5.77. The molecule has 3 heterocycles. The Balaban J connectivity index is 1.59. The summed E-state index contributed by atoms with van der Waals surface area (Å²) < 4.78 is 7.58. The molecule has 3 atom stereocenters. The minimum atomic E-state index is 0.279. The third kappa shape index (κ3) is 4.08. The van der Waals surface area contributed by atoms with Gasteiger partial charge in [-0.3, -0.25) is 14.6 Å². The van der Waals surface area contributed by atoms with Gasteiger partial charge in [0.1, 0.15) is 0 Å². The number of rotatable bonds is 5. The lowest BCUT2D eigenvalue weighted by atomic mass is 9.87. The van der Waals surface area contributed by atoms with Gasteiger partial charge in [0.05, 0.1) is 17.8 Å². The summed E-state index contributed by atoms with van der Waals surface area (Å²) in [5.41, 5.74) is 7.30. The number of nitrogens with one attached hydrogen (secondary N) is 1. The van der Waals surface area contributed by atoms with Crippen LogP contribution in [0.3, 0.4) is 0 Å². The first kappa shape index (κ1) is 17.2. The zero-order chi connectivity index (χ0) is 16.9. The maximum Gasteiger partial charge on any atom is 0.188 e. The van der Waals surface area contributed by atoms with Crippen LogP contribution in [0.4, 0.5) is 0 Å². The second kappa shape index (κ2) is 7.98. The number of aliphatic imine (C=N–C) groups is 1. The summed E-state index contributed by atoms with van der Waals surface area (Å²) >= 11 is 0. The van der Waals surface area contributed by atoms with E-state index in [-0.39, 0.29) is 6.10 Å². The van der Waals surface area contributed by atoms with Crippen molar-refractivity contribution < 1.29 is 4.74 Å². The molecule has 0 saturated carbocycles. The molecule has 7 nitrogen and oxygen atoms in total. The topological polar surface area (TPSA) is 80.7 Å². The zero-order valence-electron chi connectivity index (χ0n) is 14.8. The Bertz CT molecular complexity index is 551. The van der Waals surface area contributed by atoms with Gasteiger partial charge in [-0.15, -0.1) is 0 Å². The predicted octanol–water partition coefficient (Wildman–Crippen LogP) is 0.886. The minimum absolute atomic E-state index is 0.279. The number of nitrogens with zero attached hydrogens (tertiary/aromatic N) is 4. The molecule has 134 valence electrons. The van der Waals surface area contributed by atoms with E-state index < -0.39 is 0 Å². The first-order valence-corrected chi connectivity index (χ1v) is 8.98. The fraction of sp³-hybridized carbons (Fsp3) is 0.765. The van der Waals surface area contributed by atoms with Crippen molar-refractivity contribution in [2.45, 2.75) is 37.8 Å². The van der Waals surface area contributed by atoms with E-state index in [1.165, 1.54) is 18.5 Å². The smallest absolute Gasteiger partial charge is 0.188 e. The van der Waals surface area contributed by atoms with Gasteiger partial charge in [-0.05, 0) is 51.3 Å². The number of aromatic nitrogens is 2. The van der Waals surface area contributed by atoms with E-state index in [1.807, 2.05) is 17.9 Å². The molecule has 1 unspecified atom stereocenters. The Morgan fingerprint density at radius 3 is 3.00 bits per heavy atom. The van der Waals surface area contributed by atoms with Crippen LogP contribution in [0.25, 0.3) is 0 Å². The van der Waals surface area contributed by atoms with Gasteiger partial charge in [-0.25, -0.2) is 0 Å². The quantitative estimate of drug-likeness (QED) is 0.617. The first-order chi connectivity index (χ1) is 11.6. The number of piperidine rings is 1. The Morgan fingerprint density at radius 2 is 2.29 bits per heavy atom. The Morgan fingerprint density at radius 1 is 1.42 bits per heavy atom. The lowest BCUT2D eigenvalue weighted by molar-refractivity contribution is 0.113.